The van der Waals surface area contributed by atoms with Gasteiger partial charge in [0.15, 0.2) is 17.1 Å². The highest BCUT2D eigenvalue weighted by atomic mass is 16.5. The van der Waals surface area contributed by atoms with Crippen LogP contribution in [0.1, 0.15) is 27.9 Å². The quantitative estimate of drug-likeness (QED) is 0.527. The summed E-state index contributed by atoms with van der Waals surface area (Å²) in [5.41, 5.74) is 0.624. The van der Waals surface area contributed by atoms with Crippen molar-refractivity contribution < 1.29 is 14.3 Å². The lowest BCUT2D eigenvalue weighted by molar-refractivity contribution is 0.0590. The highest BCUT2D eigenvalue weighted by Crippen LogP contribution is 2.08. The molecule has 2 rings (SSSR count). The van der Waals surface area contributed by atoms with E-state index in [1.54, 1.807) is 0 Å². The fourth-order valence-electron chi connectivity index (χ4n) is 1.25. The first-order valence-corrected chi connectivity index (χ1v) is 4.44. The molecule has 0 N–H and O–H groups in total. The number of methoxy groups -OCH3 is 1. The number of hydrogen-bond donors (Lipinski definition) is 0. The molecule has 0 radical (unpaired) electrons. The number of hydrogen-bond acceptors (Lipinski definition) is 6. The van der Waals surface area contributed by atoms with Crippen molar-refractivity contribution in [3.05, 3.63) is 23.7 Å². The summed E-state index contributed by atoms with van der Waals surface area (Å²) < 4.78 is 5.80. The number of carbonyl (C=O) groups excluding carboxylic acids is 2. The first kappa shape index (κ1) is 10.2. The summed E-state index contributed by atoms with van der Waals surface area (Å²) in [4.78, 5) is 26.7. The van der Waals surface area contributed by atoms with E-state index in [1.807, 2.05) is 0 Å². The molecule has 0 unspecified atom stereocenters. The standard InChI is InChI=1S/C9H8N4O3/c1-5(14)6-3-7(9(15)16-2)13-8(11-6)4-10-12-13/h3-4H,1-2H3. The lowest BCUT2D eigenvalue weighted by Crippen LogP contribution is -2.12. The van der Waals surface area contributed by atoms with Gasteiger partial charge in [-0.2, -0.15) is 4.52 Å². The van der Waals surface area contributed by atoms with E-state index in [0.717, 1.165) is 0 Å². The van der Waals surface area contributed by atoms with Crippen LogP contribution in [0.5, 0.6) is 0 Å². The number of ether oxygens (including phenoxy) is 1. The van der Waals surface area contributed by atoms with Crippen LogP contribution in [-0.2, 0) is 4.74 Å². The average molecular weight is 220 g/mol. The van der Waals surface area contributed by atoms with E-state index in [1.165, 1.54) is 30.8 Å². The van der Waals surface area contributed by atoms with E-state index in [-0.39, 0.29) is 17.2 Å². The van der Waals surface area contributed by atoms with Gasteiger partial charge in [-0.1, -0.05) is 5.21 Å². The second kappa shape index (κ2) is 3.69. The normalized spacial score (nSPS) is 10.4. The van der Waals surface area contributed by atoms with Crippen LogP contribution in [0.25, 0.3) is 5.65 Å². The molecule has 82 valence electrons. The minimum absolute atomic E-state index is 0.121. The Labute approximate surface area is 90.0 Å². The summed E-state index contributed by atoms with van der Waals surface area (Å²) in [6, 6.07) is 1.33. The number of rotatable bonds is 2. The number of aromatic nitrogens is 4. The predicted octanol–water partition coefficient (Wildman–Crippen LogP) is 0.113. The third-order valence-corrected chi connectivity index (χ3v) is 2.02. The molecule has 0 aliphatic carbocycles. The summed E-state index contributed by atoms with van der Waals surface area (Å²) in [5.74, 6) is -0.839. The molecule has 0 saturated heterocycles. The van der Waals surface area contributed by atoms with Crippen molar-refractivity contribution in [3.8, 4) is 0 Å². The molecule has 0 aromatic carbocycles. The van der Waals surface area contributed by atoms with Gasteiger partial charge < -0.3 is 4.74 Å². The average Bonchev–Trinajstić information content (AvgIpc) is 2.74. The maximum absolute atomic E-state index is 11.5. The van der Waals surface area contributed by atoms with Gasteiger partial charge in [-0.25, -0.2) is 9.78 Å². The summed E-state index contributed by atoms with van der Waals surface area (Å²) in [5, 5.41) is 7.29. The molecule has 0 amide bonds. The fraction of sp³-hybridized carbons (Fsp3) is 0.222. The van der Waals surface area contributed by atoms with Crippen molar-refractivity contribution in [1.29, 1.82) is 0 Å². The Morgan fingerprint density at radius 2 is 2.19 bits per heavy atom. The number of Topliss-reactive ketones (excluding diaryl/α,β-unsaturated/α-hetero) is 1. The Bertz CT molecular complexity index is 575. The van der Waals surface area contributed by atoms with E-state index < -0.39 is 5.97 Å². The number of carbonyl (C=O) groups is 2. The second-order valence-electron chi connectivity index (χ2n) is 3.08. The Hall–Kier alpha value is -2.31. The van der Waals surface area contributed by atoms with Crippen molar-refractivity contribution >= 4 is 17.4 Å². The minimum atomic E-state index is -0.597. The zero-order valence-electron chi connectivity index (χ0n) is 8.67. The number of esters is 1. The molecule has 0 fully saturated rings. The second-order valence-corrected chi connectivity index (χ2v) is 3.08. The SMILES string of the molecule is COC(=O)c1cc(C(C)=O)nc2cnnn12. The fourth-order valence-corrected chi connectivity index (χ4v) is 1.25. The molecular formula is C9H8N4O3. The van der Waals surface area contributed by atoms with Crippen molar-refractivity contribution in [2.24, 2.45) is 0 Å². The molecule has 16 heavy (non-hydrogen) atoms. The van der Waals surface area contributed by atoms with Gasteiger partial charge in [0, 0.05) is 13.0 Å². The first-order chi connectivity index (χ1) is 7.63. The molecule has 0 aliphatic rings. The van der Waals surface area contributed by atoms with Crippen LogP contribution in [-0.4, -0.2) is 38.7 Å². The van der Waals surface area contributed by atoms with Crippen LogP contribution in [0, 0.1) is 0 Å². The molecule has 0 spiro atoms. The lowest BCUT2D eigenvalue weighted by atomic mass is 10.2. The van der Waals surface area contributed by atoms with Crippen molar-refractivity contribution in [2.75, 3.05) is 7.11 Å². The van der Waals surface area contributed by atoms with E-state index in [2.05, 4.69) is 20.0 Å². The molecule has 7 nitrogen and oxygen atoms in total. The molecule has 0 aliphatic heterocycles. The highest BCUT2D eigenvalue weighted by molar-refractivity contribution is 5.96. The summed E-state index contributed by atoms with van der Waals surface area (Å²) in [7, 11) is 1.25. The third kappa shape index (κ3) is 1.52. The van der Waals surface area contributed by atoms with Gasteiger partial charge in [-0.3, -0.25) is 4.79 Å². The van der Waals surface area contributed by atoms with Gasteiger partial charge in [-0.15, -0.1) is 5.10 Å². The van der Waals surface area contributed by atoms with Gasteiger partial charge in [0.2, 0.25) is 0 Å². The van der Waals surface area contributed by atoms with Crippen molar-refractivity contribution in [1.82, 2.24) is 19.8 Å². The molecule has 7 heteroatoms. The topological polar surface area (TPSA) is 86.5 Å². The zero-order chi connectivity index (χ0) is 11.7. The maximum Gasteiger partial charge on any atom is 0.356 e. The van der Waals surface area contributed by atoms with E-state index in [0.29, 0.717) is 5.65 Å². The number of ketones is 1. The smallest absolute Gasteiger partial charge is 0.356 e. The van der Waals surface area contributed by atoms with Crippen LogP contribution in [0.3, 0.4) is 0 Å². The summed E-state index contributed by atoms with van der Waals surface area (Å²) in [6.45, 7) is 1.36. The van der Waals surface area contributed by atoms with E-state index in [4.69, 9.17) is 0 Å². The van der Waals surface area contributed by atoms with E-state index in [9.17, 15) is 9.59 Å². The molecule has 0 saturated carbocycles. The minimum Gasteiger partial charge on any atom is -0.464 e. The Kier molecular flexibility index (Phi) is 2.35. The zero-order valence-corrected chi connectivity index (χ0v) is 8.67. The maximum atomic E-state index is 11.5. The number of fused-ring (bicyclic) bond motifs is 1. The number of nitrogens with zero attached hydrogens (tertiary/aromatic N) is 4. The summed E-state index contributed by atoms with van der Waals surface area (Å²) in [6.07, 6.45) is 1.36. The van der Waals surface area contributed by atoms with Crippen LogP contribution in [0.2, 0.25) is 0 Å². The monoisotopic (exact) mass is 220 g/mol. The molecule has 0 atom stereocenters. The Balaban J connectivity index is 2.73. The van der Waals surface area contributed by atoms with Crippen LogP contribution in [0.4, 0.5) is 0 Å². The Morgan fingerprint density at radius 1 is 1.44 bits per heavy atom. The van der Waals surface area contributed by atoms with Crippen LogP contribution < -0.4 is 0 Å². The first-order valence-electron chi connectivity index (χ1n) is 4.44. The van der Waals surface area contributed by atoms with Crippen molar-refractivity contribution in [3.63, 3.8) is 0 Å². The van der Waals surface area contributed by atoms with Crippen LogP contribution >= 0.6 is 0 Å². The van der Waals surface area contributed by atoms with Gasteiger partial charge in [-0.05, 0) is 0 Å². The third-order valence-electron chi connectivity index (χ3n) is 2.02. The molecule has 2 aromatic heterocycles. The molecule has 2 aromatic rings. The van der Waals surface area contributed by atoms with Gasteiger partial charge in [0.05, 0.1) is 13.3 Å². The molecule has 2 heterocycles. The van der Waals surface area contributed by atoms with Gasteiger partial charge in [0.25, 0.3) is 0 Å². The van der Waals surface area contributed by atoms with Gasteiger partial charge >= 0.3 is 5.97 Å². The Morgan fingerprint density at radius 3 is 2.81 bits per heavy atom. The predicted molar refractivity (Wildman–Crippen MR) is 52.1 cm³/mol. The van der Waals surface area contributed by atoms with Crippen molar-refractivity contribution in [2.45, 2.75) is 6.92 Å². The van der Waals surface area contributed by atoms with E-state index >= 15 is 0 Å². The molecular weight excluding hydrogens is 212 g/mol. The van der Waals surface area contributed by atoms with Crippen LogP contribution in [0.15, 0.2) is 12.3 Å². The van der Waals surface area contributed by atoms with Gasteiger partial charge in [0.1, 0.15) is 5.69 Å². The largest absolute Gasteiger partial charge is 0.464 e. The lowest BCUT2D eigenvalue weighted by Gasteiger charge is -2.03. The highest BCUT2D eigenvalue weighted by Gasteiger charge is 2.16. The molecule has 0 bridgehead atoms. The summed E-state index contributed by atoms with van der Waals surface area (Å²) >= 11 is 0.